The topological polar surface area (TPSA) is 66.8 Å². The average Bonchev–Trinajstić information content (AvgIpc) is 3.02. The van der Waals surface area contributed by atoms with Gasteiger partial charge in [0.1, 0.15) is 0 Å². The number of nitrogens with zero attached hydrogens (tertiary/aromatic N) is 2. The SMILES string of the molecule is CCC(CC)C(=O)N=C1S[C@H]2CS(=O)(=O)C[C@H]2N1c1cc(Cl)ccc1Cl. The van der Waals surface area contributed by atoms with Crippen LogP contribution in [0.25, 0.3) is 0 Å². The number of sulfone groups is 1. The maximum atomic E-state index is 12.5. The Labute approximate surface area is 168 Å². The number of fused-ring (bicyclic) bond motifs is 1. The van der Waals surface area contributed by atoms with Gasteiger partial charge in [-0.05, 0) is 31.0 Å². The second-order valence-corrected chi connectivity index (χ2v) is 10.7. The van der Waals surface area contributed by atoms with Crippen LogP contribution in [0.5, 0.6) is 0 Å². The first-order chi connectivity index (χ1) is 12.3. The van der Waals surface area contributed by atoms with Crippen LogP contribution in [0.15, 0.2) is 23.2 Å². The lowest BCUT2D eigenvalue weighted by Crippen LogP contribution is -2.38. The van der Waals surface area contributed by atoms with E-state index in [-0.39, 0.29) is 34.6 Å². The molecular formula is C17H20Cl2N2O3S2. The van der Waals surface area contributed by atoms with Gasteiger partial charge in [0, 0.05) is 16.2 Å². The van der Waals surface area contributed by atoms with Crippen molar-refractivity contribution >= 4 is 61.6 Å². The molecule has 1 aromatic carbocycles. The van der Waals surface area contributed by atoms with E-state index in [2.05, 4.69) is 4.99 Å². The van der Waals surface area contributed by atoms with Gasteiger partial charge in [0.2, 0.25) is 0 Å². The highest BCUT2D eigenvalue weighted by Gasteiger charge is 2.50. The van der Waals surface area contributed by atoms with Crippen LogP contribution in [0.4, 0.5) is 5.69 Å². The van der Waals surface area contributed by atoms with Gasteiger partial charge in [0.05, 0.1) is 28.3 Å². The van der Waals surface area contributed by atoms with Gasteiger partial charge in [-0.2, -0.15) is 4.99 Å². The Hall–Kier alpha value is -0.760. The third-order valence-electron chi connectivity index (χ3n) is 4.77. The highest BCUT2D eigenvalue weighted by Crippen LogP contribution is 2.43. The van der Waals surface area contributed by atoms with Crippen LogP contribution in [-0.2, 0) is 14.6 Å². The minimum absolute atomic E-state index is 0.0195. The van der Waals surface area contributed by atoms with Crippen LogP contribution in [0, 0.1) is 5.92 Å². The van der Waals surface area contributed by atoms with Gasteiger partial charge >= 0.3 is 0 Å². The monoisotopic (exact) mass is 434 g/mol. The molecule has 0 bridgehead atoms. The molecule has 2 atom stereocenters. The Morgan fingerprint density at radius 2 is 2.00 bits per heavy atom. The van der Waals surface area contributed by atoms with Crippen LogP contribution >= 0.6 is 35.0 Å². The quantitative estimate of drug-likeness (QED) is 0.715. The van der Waals surface area contributed by atoms with Crippen LogP contribution in [0.2, 0.25) is 10.0 Å². The molecule has 0 spiro atoms. The number of aliphatic imine (C=N–C) groups is 1. The van der Waals surface area contributed by atoms with Gasteiger partial charge in [0.25, 0.3) is 5.91 Å². The van der Waals surface area contributed by atoms with Crippen LogP contribution < -0.4 is 4.90 Å². The van der Waals surface area contributed by atoms with Crippen molar-refractivity contribution in [2.45, 2.75) is 38.0 Å². The molecule has 2 aliphatic rings. The van der Waals surface area contributed by atoms with Crippen molar-refractivity contribution in [3.05, 3.63) is 28.2 Å². The summed E-state index contributed by atoms with van der Waals surface area (Å²) in [6, 6.07) is 4.73. The van der Waals surface area contributed by atoms with Crippen LogP contribution in [-0.4, -0.2) is 42.3 Å². The molecule has 3 rings (SSSR count). The predicted molar refractivity (Wildman–Crippen MR) is 109 cm³/mol. The normalized spacial score (nSPS) is 25.9. The summed E-state index contributed by atoms with van der Waals surface area (Å²) in [4.78, 5) is 18.7. The van der Waals surface area contributed by atoms with E-state index in [9.17, 15) is 13.2 Å². The molecule has 0 unspecified atom stereocenters. The third kappa shape index (κ3) is 3.91. The highest BCUT2D eigenvalue weighted by atomic mass is 35.5. The van der Waals surface area contributed by atoms with Gasteiger partial charge in [-0.1, -0.05) is 48.8 Å². The summed E-state index contributed by atoms with van der Waals surface area (Å²) in [6.07, 6.45) is 1.44. The van der Waals surface area contributed by atoms with Crippen molar-refractivity contribution < 1.29 is 13.2 Å². The van der Waals surface area contributed by atoms with Crippen molar-refractivity contribution in [2.75, 3.05) is 16.4 Å². The van der Waals surface area contributed by atoms with E-state index in [1.54, 1.807) is 23.1 Å². The number of hydrogen-bond donors (Lipinski definition) is 0. The maximum absolute atomic E-state index is 12.5. The number of halogens is 2. The Morgan fingerprint density at radius 1 is 1.31 bits per heavy atom. The molecule has 142 valence electrons. The number of thioether (sulfide) groups is 1. The molecule has 0 radical (unpaired) electrons. The Morgan fingerprint density at radius 3 is 2.65 bits per heavy atom. The number of rotatable bonds is 4. The largest absolute Gasteiger partial charge is 0.314 e. The molecule has 2 saturated heterocycles. The Kier molecular flexibility index (Phi) is 5.92. The maximum Gasteiger partial charge on any atom is 0.251 e. The Balaban J connectivity index is 2.04. The Bertz CT molecular complexity index is 854. The summed E-state index contributed by atoms with van der Waals surface area (Å²) >= 11 is 13.8. The number of amides is 1. The molecule has 0 aliphatic carbocycles. The first-order valence-corrected chi connectivity index (χ1v) is 11.9. The zero-order chi connectivity index (χ0) is 19.1. The lowest BCUT2D eigenvalue weighted by molar-refractivity contribution is -0.121. The fourth-order valence-corrected chi connectivity index (χ4v) is 7.63. The number of anilines is 1. The fourth-order valence-electron chi connectivity index (χ4n) is 3.34. The summed E-state index contributed by atoms with van der Waals surface area (Å²) in [5, 5.41) is 1.28. The zero-order valence-electron chi connectivity index (χ0n) is 14.5. The first-order valence-electron chi connectivity index (χ1n) is 8.49. The lowest BCUT2D eigenvalue weighted by atomic mass is 10.0. The van der Waals surface area contributed by atoms with Crippen molar-refractivity contribution in [1.29, 1.82) is 0 Å². The molecule has 5 nitrogen and oxygen atoms in total. The second-order valence-electron chi connectivity index (χ2n) is 6.51. The van der Waals surface area contributed by atoms with Crippen LogP contribution in [0.1, 0.15) is 26.7 Å². The molecule has 1 aromatic rings. The van der Waals surface area contributed by atoms with Crippen molar-refractivity contribution in [1.82, 2.24) is 0 Å². The summed E-state index contributed by atoms with van der Waals surface area (Å²) in [7, 11) is -3.13. The molecule has 2 aliphatic heterocycles. The molecule has 1 amide bonds. The molecular weight excluding hydrogens is 415 g/mol. The lowest BCUT2D eigenvalue weighted by Gasteiger charge is -2.26. The van der Waals surface area contributed by atoms with Gasteiger partial charge in [-0.15, -0.1) is 0 Å². The van der Waals surface area contributed by atoms with E-state index in [0.29, 0.717) is 20.9 Å². The highest BCUT2D eigenvalue weighted by molar-refractivity contribution is 8.16. The third-order valence-corrected chi connectivity index (χ3v) is 8.54. The van der Waals surface area contributed by atoms with Gasteiger partial charge in [-0.25, -0.2) is 8.42 Å². The van der Waals surface area contributed by atoms with Crippen LogP contribution in [0.3, 0.4) is 0 Å². The zero-order valence-corrected chi connectivity index (χ0v) is 17.6. The van der Waals surface area contributed by atoms with Gasteiger partial charge in [0.15, 0.2) is 15.0 Å². The fraction of sp³-hybridized carbons (Fsp3) is 0.529. The number of hydrogen-bond acceptors (Lipinski definition) is 4. The molecule has 0 aromatic heterocycles. The standard InChI is InChI=1S/C17H20Cl2N2O3S2/c1-3-10(4-2)16(22)20-17-21(13-7-11(18)5-6-12(13)19)14-8-26(23,24)9-15(14)25-17/h5-7,10,14-15H,3-4,8-9H2,1-2H3/t14-,15+/m1/s1. The smallest absolute Gasteiger partial charge is 0.251 e. The summed E-state index contributed by atoms with van der Waals surface area (Å²) in [5.74, 6) is -0.214. The van der Waals surface area contributed by atoms with E-state index in [4.69, 9.17) is 23.2 Å². The summed E-state index contributed by atoms with van der Waals surface area (Å²) in [5.41, 5.74) is 0.590. The summed E-state index contributed by atoms with van der Waals surface area (Å²) in [6.45, 7) is 3.92. The van der Waals surface area contributed by atoms with E-state index >= 15 is 0 Å². The molecule has 0 saturated carbocycles. The average molecular weight is 435 g/mol. The van der Waals surface area contributed by atoms with E-state index in [1.807, 2.05) is 13.8 Å². The number of carbonyl (C=O) groups excluding carboxylic acids is 1. The number of amidine groups is 1. The molecule has 2 fully saturated rings. The second kappa shape index (κ2) is 7.70. The van der Waals surface area contributed by atoms with E-state index in [0.717, 1.165) is 12.8 Å². The predicted octanol–water partition coefficient (Wildman–Crippen LogP) is 4.03. The van der Waals surface area contributed by atoms with E-state index < -0.39 is 9.84 Å². The van der Waals surface area contributed by atoms with Gasteiger partial charge in [-0.3, -0.25) is 4.79 Å². The molecule has 9 heteroatoms. The molecule has 26 heavy (non-hydrogen) atoms. The first kappa shape index (κ1) is 20.0. The van der Waals surface area contributed by atoms with Gasteiger partial charge < -0.3 is 4.90 Å². The minimum atomic E-state index is -3.13. The van der Waals surface area contributed by atoms with Crippen molar-refractivity contribution in [2.24, 2.45) is 10.9 Å². The number of carbonyl (C=O) groups is 1. The summed E-state index contributed by atoms with van der Waals surface area (Å²) < 4.78 is 24.2. The van der Waals surface area contributed by atoms with Crippen molar-refractivity contribution in [3.63, 3.8) is 0 Å². The molecule has 0 N–H and O–H groups in total. The van der Waals surface area contributed by atoms with E-state index in [1.165, 1.54) is 11.8 Å². The van der Waals surface area contributed by atoms with Crippen molar-refractivity contribution in [3.8, 4) is 0 Å². The number of benzene rings is 1. The molecule has 2 heterocycles. The minimum Gasteiger partial charge on any atom is -0.314 e.